The molecule has 0 fully saturated rings. The van der Waals surface area contributed by atoms with Gasteiger partial charge >= 0.3 is 0 Å². The van der Waals surface area contributed by atoms with Crippen LogP contribution in [0.3, 0.4) is 0 Å². The molecule has 0 aliphatic carbocycles. The van der Waals surface area contributed by atoms with Gasteiger partial charge in [0.05, 0.1) is 10.7 Å². The molecule has 5 heteroatoms. The molecule has 1 heterocycles. The van der Waals surface area contributed by atoms with E-state index >= 15 is 0 Å². The summed E-state index contributed by atoms with van der Waals surface area (Å²) in [5.74, 6) is -0.0822. The van der Waals surface area contributed by atoms with Crippen LogP contribution in [0.4, 0.5) is 11.4 Å². The maximum Gasteiger partial charge on any atom is 0.291 e. The van der Waals surface area contributed by atoms with E-state index in [1.807, 2.05) is 24.3 Å². The molecule has 3 rings (SSSR count). The molecule has 0 aliphatic heterocycles. The lowest BCUT2D eigenvalue weighted by atomic mass is 10.2. The fourth-order valence-electron chi connectivity index (χ4n) is 1.89. The summed E-state index contributed by atoms with van der Waals surface area (Å²) in [5.41, 5.74) is 7.32. The van der Waals surface area contributed by atoms with Crippen LogP contribution >= 0.6 is 11.6 Å². The minimum absolute atomic E-state index is 0.249. The van der Waals surface area contributed by atoms with Crippen molar-refractivity contribution in [3.8, 4) is 0 Å². The topological polar surface area (TPSA) is 68.3 Å². The average Bonchev–Trinajstić information content (AvgIpc) is 2.87. The predicted octanol–water partition coefficient (Wildman–Crippen LogP) is 3.92. The number of rotatable bonds is 2. The number of carbonyl (C=O) groups excluding carboxylic acids is 1. The van der Waals surface area contributed by atoms with E-state index in [2.05, 4.69) is 5.32 Å². The Morgan fingerprint density at radius 2 is 1.95 bits per heavy atom. The van der Waals surface area contributed by atoms with E-state index in [9.17, 15) is 4.79 Å². The van der Waals surface area contributed by atoms with Gasteiger partial charge in [0.2, 0.25) is 0 Å². The van der Waals surface area contributed by atoms with Gasteiger partial charge in [-0.05, 0) is 30.3 Å². The number of hydrogen-bond acceptors (Lipinski definition) is 3. The summed E-state index contributed by atoms with van der Waals surface area (Å²) in [4.78, 5) is 12.1. The fourth-order valence-corrected chi connectivity index (χ4v) is 2.07. The third kappa shape index (κ3) is 2.33. The van der Waals surface area contributed by atoms with Crippen molar-refractivity contribution >= 4 is 39.9 Å². The maximum atomic E-state index is 12.1. The highest BCUT2D eigenvalue weighted by atomic mass is 35.5. The summed E-state index contributed by atoms with van der Waals surface area (Å²) in [7, 11) is 0. The Morgan fingerprint density at radius 1 is 1.15 bits per heavy atom. The summed E-state index contributed by atoms with van der Waals surface area (Å²) in [6, 6.07) is 14.0. The van der Waals surface area contributed by atoms with Gasteiger partial charge < -0.3 is 15.5 Å². The maximum absolute atomic E-state index is 12.1. The Morgan fingerprint density at radius 3 is 2.70 bits per heavy atom. The second-order valence-corrected chi connectivity index (χ2v) is 4.75. The standard InChI is InChI=1S/C15H11ClN2O2/c16-11-8-10(5-6-12(11)17)18-15(19)14-7-9-3-1-2-4-13(9)20-14/h1-8H,17H2,(H,18,19). The number of anilines is 2. The molecule has 0 radical (unpaired) electrons. The lowest BCUT2D eigenvalue weighted by Gasteiger charge is -2.04. The monoisotopic (exact) mass is 286 g/mol. The molecule has 0 bridgehead atoms. The molecule has 0 spiro atoms. The zero-order chi connectivity index (χ0) is 14.1. The van der Waals surface area contributed by atoms with Crippen LogP contribution in [0.15, 0.2) is 52.9 Å². The minimum Gasteiger partial charge on any atom is -0.451 e. The summed E-state index contributed by atoms with van der Waals surface area (Å²) in [6.45, 7) is 0. The smallest absolute Gasteiger partial charge is 0.291 e. The number of fused-ring (bicyclic) bond motifs is 1. The SMILES string of the molecule is Nc1ccc(NC(=O)c2cc3ccccc3o2)cc1Cl. The van der Waals surface area contributed by atoms with E-state index in [0.717, 1.165) is 5.39 Å². The molecule has 0 saturated heterocycles. The van der Waals surface area contributed by atoms with Gasteiger partial charge in [0.1, 0.15) is 5.58 Å². The lowest BCUT2D eigenvalue weighted by Crippen LogP contribution is -2.10. The van der Waals surface area contributed by atoms with Gasteiger partial charge in [0.25, 0.3) is 5.91 Å². The van der Waals surface area contributed by atoms with E-state index in [0.29, 0.717) is 22.0 Å². The number of hydrogen-bond donors (Lipinski definition) is 2. The molecule has 4 nitrogen and oxygen atoms in total. The Kier molecular flexibility index (Phi) is 3.08. The summed E-state index contributed by atoms with van der Waals surface area (Å²) < 4.78 is 5.49. The Bertz CT molecular complexity index is 762. The van der Waals surface area contributed by atoms with Gasteiger partial charge in [-0.15, -0.1) is 0 Å². The van der Waals surface area contributed by atoms with Gasteiger partial charge in [-0.3, -0.25) is 4.79 Å². The first-order valence-corrected chi connectivity index (χ1v) is 6.36. The third-order valence-electron chi connectivity index (χ3n) is 2.91. The Labute approximate surface area is 120 Å². The molecule has 1 amide bonds. The number of halogens is 1. The van der Waals surface area contributed by atoms with Gasteiger partial charge in [-0.2, -0.15) is 0 Å². The number of nitrogens with two attached hydrogens (primary N) is 1. The van der Waals surface area contributed by atoms with Crippen LogP contribution in [-0.4, -0.2) is 5.91 Å². The van der Waals surface area contributed by atoms with Crippen LogP contribution < -0.4 is 11.1 Å². The predicted molar refractivity (Wildman–Crippen MR) is 80.0 cm³/mol. The zero-order valence-corrected chi connectivity index (χ0v) is 11.1. The van der Waals surface area contributed by atoms with E-state index < -0.39 is 0 Å². The second-order valence-electron chi connectivity index (χ2n) is 4.34. The molecule has 1 aromatic heterocycles. The number of amides is 1. The largest absolute Gasteiger partial charge is 0.451 e. The molecule has 2 aromatic carbocycles. The lowest BCUT2D eigenvalue weighted by molar-refractivity contribution is 0.0998. The van der Waals surface area contributed by atoms with Crippen LogP contribution in [-0.2, 0) is 0 Å². The van der Waals surface area contributed by atoms with Crippen molar-refractivity contribution in [3.05, 3.63) is 59.3 Å². The van der Waals surface area contributed by atoms with Crippen molar-refractivity contribution < 1.29 is 9.21 Å². The highest BCUT2D eigenvalue weighted by Crippen LogP contribution is 2.24. The Hall–Kier alpha value is -2.46. The average molecular weight is 287 g/mol. The molecule has 100 valence electrons. The van der Waals surface area contributed by atoms with Crippen LogP contribution in [0.25, 0.3) is 11.0 Å². The van der Waals surface area contributed by atoms with Crippen molar-refractivity contribution in [1.82, 2.24) is 0 Å². The first-order chi connectivity index (χ1) is 9.63. The normalized spacial score (nSPS) is 10.7. The Balaban J connectivity index is 1.86. The summed E-state index contributed by atoms with van der Waals surface area (Å²) in [6.07, 6.45) is 0. The van der Waals surface area contributed by atoms with Gasteiger partial charge in [0.15, 0.2) is 5.76 Å². The molecule has 0 saturated carbocycles. The number of benzene rings is 2. The molecule has 20 heavy (non-hydrogen) atoms. The third-order valence-corrected chi connectivity index (χ3v) is 3.23. The highest BCUT2D eigenvalue weighted by Gasteiger charge is 2.12. The number of furan rings is 1. The minimum atomic E-state index is -0.331. The summed E-state index contributed by atoms with van der Waals surface area (Å²) >= 11 is 5.91. The first kappa shape index (κ1) is 12.6. The quantitative estimate of drug-likeness (QED) is 0.702. The molecule has 3 N–H and O–H groups in total. The van der Waals surface area contributed by atoms with E-state index in [1.165, 1.54) is 0 Å². The molecule has 0 atom stereocenters. The second kappa shape index (κ2) is 4.90. The van der Waals surface area contributed by atoms with Crippen LogP contribution in [0.2, 0.25) is 5.02 Å². The van der Waals surface area contributed by atoms with E-state index in [1.54, 1.807) is 24.3 Å². The number of nitrogens with one attached hydrogen (secondary N) is 1. The van der Waals surface area contributed by atoms with Crippen molar-refractivity contribution in [2.24, 2.45) is 0 Å². The van der Waals surface area contributed by atoms with Gasteiger partial charge in [0, 0.05) is 11.1 Å². The van der Waals surface area contributed by atoms with Crippen LogP contribution in [0.5, 0.6) is 0 Å². The molecule has 0 aliphatic rings. The first-order valence-electron chi connectivity index (χ1n) is 5.98. The van der Waals surface area contributed by atoms with Gasteiger partial charge in [-0.1, -0.05) is 29.8 Å². The number of nitrogen functional groups attached to an aromatic ring is 1. The molecule has 0 unspecified atom stereocenters. The van der Waals surface area contributed by atoms with Crippen LogP contribution in [0.1, 0.15) is 10.6 Å². The van der Waals surface area contributed by atoms with Crippen molar-refractivity contribution in [2.75, 3.05) is 11.1 Å². The molecule has 3 aromatic rings. The van der Waals surface area contributed by atoms with E-state index in [-0.39, 0.29) is 11.7 Å². The number of para-hydroxylation sites is 1. The van der Waals surface area contributed by atoms with Crippen molar-refractivity contribution in [3.63, 3.8) is 0 Å². The van der Waals surface area contributed by atoms with Crippen molar-refractivity contribution in [1.29, 1.82) is 0 Å². The molecular formula is C15H11ClN2O2. The zero-order valence-electron chi connectivity index (χ0n) is 10.4. The van der Waals surface area contributed by atoms with Crippen LogP contribution in [0, 0.1) is 0 Å². The fraction of sp³-hybridized carbons (Fsp3) is 0. The number of carbonyl (C=O) groups is 1. The van der Waals surface area contributed by atoms with E-state index in [4.69, 9.17) is 21.8 Å². The summed E-state index contributed by atoms with van der Waals surface area (Å²) in [5, 5.41) is 3.99. The molecular weight excluding hydrogens is 276 g/mol. The van der Waals surface area contributed by atoms with Gasteiger partial charge in [-0.25, -0.2) is 0 Å². The van der Waals surface area contributed by atoms with Crippen molar-refractivity contribution in [2.45, 2.75) is 0 Å². The highest BCUT2D eigenvalue weighted by molar-refractivity contribution is 6.33.